The van der Waals surface area contributed by atoms with Crippen LogP contribution in [0.2, 0.25) is 5.02 Å². The number of hydrogen-bond acceptors (Lipinski definition) is 3. The van der Waals surface area contributed by atoms with Gasteiger partial charge >= 0.3 is 0 Å². The van der Waals surface area contributed by atoms with Crippen LogP contribution in [-0.2, 0) is 4.79 Å². The minimum Gasteiger partial charge on any atom is -0.351 e. The maximum absolute atomic E-state index is 12.3. The molecule has 0 aliphatic carbocycles. The molecule has 2 aromatic heterocycles. The van der Waals surface area contributed by atoms with Crippen LogP contribution in [0, 0.1) is 26.7 Å². The van der Waals surface area contributed by atoms with Crippen molar-refractivity contribution in [2.75, 3.05) is 10.2 Å². The second-order valence-corrected chi connectivity index (χ2v) is 11.0. The molecule has 1 fully saturated rings. The van der Waals surface area contributed by atoms with Gasteiger partial charge in [0.2, 0.25) is 5.91 Å². The number of aromatic nitrogens is 2. The first-order valence-electron chi connectivity index (χ1n) is 13.0. The summed E-state index contributed by atoms with van der Waals surface area (Å²) < 4.78 is 2.20. The van der Waals surface area contributed by atoms with Crippen molar-refractivity contribution in [1.29, 1.82) is 0 Å². The van der Waals surface area contributed by atoms with Crippen LogP contribution in [-0.4, -0.2) is 20.6 Å². The van der Waals surface area contributed by atoms with Gasteiger partial charge in [-0.3, -0.25) is 9.78 Å². The van der Waals surface area contributed by atoms with E-state index in [0.717, 1.165) is 45.3 Å². The molecule has 4 aromatic rings. The molecular formula is C31H32ClN5OS. The Labute approximate surface area is 240 Å². The molecule has 2 N–H and O–H groups in total. The van der Waals surface area contributed by atoms with Crippen LogP contribution < -0.4 is 15.5 Å². The van der Waals surface area contributed by atoms with Gasteiger partial charge in [-0.15, -0.1) is 0 Å². The highest BCUT2D eigenvalue weighted by Crippen LogP contribution is 2.44. The highest BCUT2D eigenvalue weighted by molar-refractivity contribution is 7.80. The molecule has 0 saturated carbocycles. The molecule has 0 unspecified atom stereocenters. The summed E-state index contributed by atoms with van der Waals surface area (Å²) in [5.41, 5.74) is 7.85. The van der Waals surface area contributed by atoms with Gasteiger partial charge in [-0.1, -0.05) is 43.6 Å². The number of halogens is 1. The molecule has 2 atom stereocenters. The van der Waals surface area contributed by atoms with E-state index in [-0.39, 0.29) is 23.9 Å². The number of rotatable bonds is 6. The summed E-state index contributed by atoms with van der Waals surface area (Å²) >= 11 is 12.6. The van der Waals surface area contributed by atoms with E-state index in [0.29, 0.717) is 10.1 Å². The van der Waals surface area contributed by atoms with E-state index in [1.54, 1.807) is 0 Å². The minimum atomic E-state index is -0.167. The number of benzene rings is 2. The molecule has 2 aromatic carbocycles. The predicted molar refractivity (Wildman–Crippen MR) is 163 cm³/mol. The molecule has 0 radical (unpaired) electrons. The predicted octanol–water partition coefficient (Wildman–Crippen LogP) is 7.22. The van der Waals surface area contributed by atoms with Gasteiger partial charge in [-0.25, -0.2) is 0 Å². The summed E-state index contributed by atoms with van der Waals surface area (Å²) in [6, 6.07) is 21.7. The van der Waals surface area contributed by atoms with Crippen LogP contribution in [0.15, 0.2) is 72.9 Å². The van der Waals surface area contributed by atoms with Gasteiger partial charge in [-0.2, -0.15) is 0 Å². The lowest BCUT2D eigenvalue weighted by atomic mass is 9.96. The number of carbonyl (C=O) groups is 1. The first-order valence-corrected chi connectivity index (χ1v) is 13.8. The van der Waals surface area contributed by atoms with E-state index in [1.807, 2.05) is 81.6 Å². The topological polar surface area (TPSA) is 62.2 Å². The second kappa shape index (κ2) is 10.8. The lowest BCUT2D eigenvalue weighted by Crippen LogP contribution is -2.29. The number of hydrogen-bond donors (Lipinski definition) is 2. The Bertz CT molecular complexity index is 1550. The number of para-hydroxylation sites is 1. The fraction of sp³-hybridized carbons (Fsp3) is 0.258. The van der Waals surface area contributed by atoms with E-state index in [4.69, 9.17) is 23.8 Å². The Morgan fingerprint density at radius 2 is 1.79 bits per heavy atom. The van der Waals surface area contributed by atoms with Crippen molar-refractivity contribution in [1.82, 2.24) is 14.9 Å². The third-order valence-electron chi connectivity index (χ3n) is 7.25. The van der Waals surface area contributed by atoms with Crippen LogP contribution >= 0.6 is 23.8 Å². The molecule has 0 spiro atoms. The quantitative estimate of drug-likeness (QED) is 0.245. The van der Waals surface area contributed by atoms with E-state index in [1.165, 1.54) is 0 Å². The Kier molecular flexibility index (Phi) is 7.47. The van der Waals surface area contributed by atoms with Crippen LogP contribution in [0.1, 0.15) is 54.1 Å². The Morgan fingerprint density at radius 1 is 1.05 bits per heavy atom. The molecule has 3 heterocycles. The van der Waals surface area contributed by atoms with Gasteiger partial charge in [0.15, 0.2) is 5.11 Å². The van der Waals surface area contributed by atoms with Crippen molar-refractivity contribution < 1.29 is 4.79 Å². The van der Waals surface area contributed by atoms with Crippen molar-refractivity contribution >= 4 is 46.2 Å². The molecule has 1 amide bonds. The van der Waals surface area contributed by atoms with Gasteiger partial charge in [0, 0.05) is 34.9 Å². The highest BCUT2D eigenvalue weighted by Gasteiger charge is 2.42. The van der Waals surface area contributed by atoms with Gasteiger partial charge < -0.3 is 20.1 Å². The Hall–Kier alpha value is -3.68. The van der Waals surface area contributed by atoms with Crippen molar-refractivity contribution in [3.05, 3.63) is 106 Å². The molecule has 200 valence electrons. The summed E-state index contributed by atoms with van der Waals surface area (Å²) in [7, 11) is 0. The fourth-order valence-electron chi connectivity index (χ4n) is 5.25. The standard InChI is InChI=1S/C31H32ClN5OS/c1-18(2)30(38)34-25-14-13-22(16-19(25)3)37-29(28(35-31(37)39)26-11-8-9-15-33-26)23-17-20(4)36(21(23)5)27-12-7-6-10-24(27)32/h6-18,28-29H,1-5H3,(H,34,38)(H,35,39)/t28-,29-/m1/s1. The van der Waals surface area contributed by atoms with E-state index >= 15 is 0 Å². The highest BCUT2D eigenvalue weighted by atomic mass is 35.5. The first kappa shape index (κ1) is 26.9. The number of amides is 1. The van der Waals surface area contributed by atoms with Crippen molar-refractivity contribution in [2.24, 2.45) is 5.92 Å². The molecule has 6 nitrogen and oxygen atoms in total. The number of anilines is 2. The van der Waals surface area contributed by atoms with Gasteiger partial charge in [-0.05, 0) is 92.6 Å². The fourth-order valence-corrected chi connectivity index (χ4v) is 5.82. The number of thiocarbonyl (C=S) groups is 1. The number of nitrogens with zero attached hydrogens (tertiary/aromatic N) is 3. The number of aryl methyl sites for hydroxylation is 2. The maximum Gasteiger partial charge on any atom is 0.226 e. The van der Waals surface area contributed by atoms with Gasteiger partial charge in [0.1, 0.15) is 0 Å². The number of pyridine rings is 1. The third kappa shape index (κ3) is 5.04. The second-order valence-electron chi connectivity index (χ2n) is 10.3. The van der Waals surface area contributed by atoms with Crippen LogP contribution in [0.5, 0.6) is 0 Å². The van der Waals surface area contributed by atoms with Crippen molar-refractivity contribution in [2.45, 2.75) is 46.7 Å². The summed E-state index contributed by atoms with van der Waals surface area (Å²) in [6.45, 7) is 9.98. The van der Waals surface area contributed by atoms with Crippen molar-refractivity contribution in [3.63, 3.8) is 0 Å². The summed E-state index contributed by atoms with van der Waals surface area (Å²) in [5.74, 6) is -0.111. The SMILES string of the molecule is Cc1cc(N2C(=S)N[C@H](c3ccccn3)[C@H]2c2cc(C)n(-c3ccccc3Cl)c2C)ccc1NC(=O)C(C)C. The van der Waals surface area contributed by atoms with Crippen LogP contribution in [0.25, 0.3) is 5.69 Å². The van der Waals surface area contributed by atoms with Crippen LogP contribution in [0.3, 0.4) is 0 Å². The zero-order chi connectivity index (χ0) is 27.8. The molecule has 39 heavy (non-hydrogen) atoms. The minimum absolute atomic E-state index is 0.00989. The maximum atomic E-state index is 12.3. The molecule has 1 aliphatic heterocycles. The van der Waals surface area contributed by atoms with E-state index in [2.05, 4.69) is 51.1 Å². The molecule has 1 aliphatic rings. The average molecular weight is 558 g/mol. The van der Waals surface area contributed by atoms with Crippen molar-refractivity contribution in [3.8, 4) is 5.69 Å². The van der Waals surface area contributed by atoms with E-state index in [9.17, 15) is 4.79 Å². The average Bonchev–Trinajstić information content (AvgIpc) is 3.41. The zero-order valence-electron chi connectivity index (χ0n) is 22.7. The number of carbonyl (C=O) groups excluding carboxylic acids is 1. The lowest BCUT2D eigenvalue weighted by molar-refractivity contribution is -0.118. The van der Waals surface area contributed by atoms with Crippen LogP contribution in [0.4, 0.5) is 11.4 Å². The smallest absolute Gasteiger partial charge is 0.226 e. The molecule has 8 heteroatoms. The third-order valence-corrected chi connectivity index (χ3v) is 7.88. The molecular weight excluding hydrogens is 526 g/mol. The first-order chi connectivity index (χ1) is 18.7. The largest absolute Gasteiger partial charge is 0.351 e. The normalized spacial score (nSPS) is 17.0. The summed E-state index contributed by atoms with van der Waals surface area (Å²) in [6.07, 6.45) is 1.81. The summed E-state index contributed by atoms with van der Waals surface area (Å²) in [4.78, 5) is 19.2. The van der Waals surface area contributed by atoms with Gasteiger partial charge in [0.05, 0.1) is 28.5 Å². The monoisotopic (exact) mass is 557 g/mol. The Balaban J connectivity index is 1.63. The molecule has 1 saturated heterocycles. The number of nitrogens with one attached hydrogen (secondary N) is 2. The lowest BCUT2D eigenvalue weighted by Gasteiger charge is -2.29. The van der Waals surface area contributed by atoms with Gasteiger partial charge in [0.25, 0.3) is 0 Å². The molecule has 5 rings (SSSR count). The zero-order valence-corrected chi connectivity index (χ0v) is 24.3. The van der Waals surface area contributed by atoms with E-state index < -0.39 is 0 Å². The molecule has 0 bridgehead atoms. The summed E-state index contributed by atoms with van der Waals surface area (Å²) in [5, 5.41) is 7.89. The Morgan fingerprint density at radius 3 is 2.46 bits per heavy atom.